The SMILES string of the molecule is CO[C@@H]1[C@H](OC)[C@@H](CO)O[C@H]1c1cccc2ccccc12. The number of rotatable bonds is 4. The molecule has 0 amide bonds. The summed E-state index contributed by atoms with van der Waals surface area (Å²) < 4.78 is 17.1. The van der Waals surface area contributed by atoms with Crippen molar-refractivity contribution in [3.05, 3.63) is 48.0 Å². The van der Waals surface area contributed by atoms with Crippen LogP contribution >= 0.6 is 0 Å². The molecule has 1 saturated heterocycles. The van der Waals surface area contributed by atoms with Crippen molar-refractivity contribution in [2.24, 2.45) is 0 Å². The Hall–Kier alpha value is -1.46. The first-order valence-electron chi connectivity index (χ1n) is 7.09. The molecule has 112 valence electrons. The summed E-state index contributed by atoms with van der Waals surface area (Å²) in [6.45, 7) is -0.0837. The Morgan fingerprint density at radius 1 is 1.00 bits per heavy atom. The summed E-state index contributed by atoms with van der Waals surface area (Å²) in [5.41, 5.74) is 1.07. The first kappa shape index (κ1) is 14.5. The van der Waals surface area contributed by atoms with E-state index >= 15 is 0 Å². The number of hydrogen-bond acceptors (Lipinski definition) is 4. The van der Waals surface area contributed by atoms with Gasteiger partial charge in [0.15, 0.2) is 0 Å². The van der Waals surface area contributed by atoms with Crippen molar-refractivity contribution in [2.45, 2.75) is 24.4 Å². The zero-order chi connectivity index (χ0) is 14.8. The predicted octanol–water partition coefficient (Wildman–Crippen LogP) is 2.30. The molecular formula is C17H20O4. The molecule has 4 heteroatoms. The molecule has 0 aromatic heterocycles. The van der Waals surface area contributed by atoms with Gasteiger partial charge in [0.1, 0.15) is 24.4 Å². The summed E-state index contributed by atoms with van der Waals surface area (Å²) in [5, 5.41) is 11.8. The molecule has 2 aromatic carbocycles. The molecule has 0 unspecified atom stereocenters. The average Bonchev–Trinajstić information content (AvgIpc) is 2.91. The van der Waals surface area contributed by atoms with Crippen LogP contribution in [-0.4, -0.2) is 44.2 Å². The maximum Gasteiger partial charge on any atom is 0.116 e. The number of aliphatic hydroxyl groups excluding tert-OH is 1. The van der Waals surface area contributed by atoms with E-state index in [1.54, 1.807) is 14.2 Å². The lowest BCUT2D eigenvalue weighted by atomic mass is 9.96. The molecule has 0 bridgehead atoms. The molecule has 4 atom stereocenters. The van der Waals surface area contributed by atoms with Gasteiger partial charge in [0.2, 0.25) is 0 Å². The van der Waals surface area contributed by atoms with E-state index in [2.05, 4.69) is 18.2 Å². The average molecular weight is 288 g/mol. The molecule has 21 heavy (non-hydrogen) atoms. The van der Waals surface area contributed by atoms with Gasteiger partial charge in [-0.3, -0.25) is 0 Å². The van der Waals surface area contributed by atoms with E-state index in [-0.39, 0.29) is 31.0 Å². The largest absolute Gasteiger partial charge is 0.394 e. The highest BCUT2D eigenvalue weighted by atomic mass is 16.6. The van der Waals surface area contributed by atoms with E-state index in [0.29, 0.717) is 0 Å². The lowest BCUT2D eigenvalue weighted by Gasteiger charge is -2.22. The van der Waals surface area contributed by atoms with Crippen LogP contribution in [0.2, 0.25) is 0 Å². The standard InChI is InChI=1S/C17H20O4/c1-19-16-14(10-18)21-15(17(16)20-2)13-9-5-7-11-6-3-4-8-12(11)13/h3-9,14-18H,10H2,1-2H3/t14-,15+,16-,17+/m1/s1. The second-order valence-electron chi connectivity index (χ2n) is 5.25. The first-order chi connectivity index (χ1) is 10.3. The van der Waals surface area contributed by atoms with Crippen molar-refractivity contribution in [3.8, 4) is 0 Å². The topological polar surface area (TPSA) is 47.9 Å². The maximum atomic E-state index is 9.50. The van der Waals surface area contributed by atoms with Gasteiger partial charge >= 0.3 is 0 Å². The Kier molecular flexibility index (Phi) is 4.22. The van der Waals surface area contributed by atoms with Crippen LogP contribution in [0.15, 0.2) is 42.5 Å². The Morgan fingerprint density at radius 2 is 1.71 bits per heavy atom. The van der Waals surface area contributed by atoms with E-state index in [1.165, 1.54) is 0 Å². The number of methoxy groups -OCH3 is 2. The van der Waals surface area contributed by atoms with Gasteiger partial charge in [0.25, 0.3) is 0 Å². The molecule has 1 aliphatic heterocycles. The second-order valence-corrected chi connectivity index (χ2v) is 5.25. The van der Waals surface area contributed by atoms with Crippen molar-refractivity contribution in [1.29, 1.82) is 0 Å². The Morgan fingerprint density at radius 3 is 2.43 bits per heavy atom. The van der Waals surface area contributed by atoms with Crippen molar-refractivity contribution in [2.75, 3.05) is 20.8 Å². The highest BCUT2D eigenvalue weighted by molar-refractivity contribution is 5.86. The van der Waals surface area contributed by atoms with Gasteiger partial charge in [-0.05, 0) is 16.3 Å². The minimum atomic E-state index is -0.371. The minimum absolute atomic E-state index is 0.0837. The van der Waals surface area contributed by atoms with Crippen LogP contribution in [0.1, 0.15) is 11.7 Å². The van der Waals surface area contributed by atoms with Gasteiger partial charge < -0.3 is 19.3 Å². The molecule has 0 spiro atoms. The molecule has 0 aliphatic carbocycles. The molecule has 1 fully saturated rings. The van der Waals surface area contributed by atoms with Crippen LogP contribution < -0.4 is 0 Å². The Labute approximate surface area is 124 Å². The molecule has 4 nitrogen and oxygen atoms in total. The molecular weight excluding hydrogens is 268 g/mol. The monoisotopic (exact) mass is 288 g/mol. The normalized spacial score (nSPS) is 29.1. The first-order valence-corrected chi connectivity index (χ1v) is 7.09. The fourth-order valence-corrected chi connectivity index (χ4v) is 3.17. The van der Waals surface area contributed by atoms with Crippen LogP contribution in [0.5, 0.6) is 0 Å². The van der Waals surface area contributed by atoms with Gasteiger partial charge in [0.05, 0.1) is 6.61 Å². The van der Waals surface area contributed by atoms with Gasteiger partial charge in [-0.25, -0.2) is 0 Å². The number of aliphatic hydroxyl groups is 1. The zero-order valence-corrected chi connectivity index (χ0v) is 12.2. The fourth-order valence-electron chi connectivity index (χ4n) is 3.17. The van der Waals surface area contributed by atoms with Gasteiger partial charge in [-0.1, -0.05) is 42.5 Å². The maximum absolute atomic E-state index is 9.50. The van der Waals surface area contributed by atoms with E-state index in [4.69, 9.17) is 14.2 Å². The summed E-state index contributed by atoms with van der Waals surface area (Å²) >= 11 is 0. The Balaban J connectivity index is 2.05. The highest BCUT2D eigenvalue weighted by Gasteiger charge is 2.45. The summed E-state index contributed by atoms with van der Waals surface area (Å²) in [6.07, 6.45) is -1.13. The van der Waals surface area contributed by atoms with Crippen LogP contribution in [-0.2, 0) is 14.2 Å². The van der Waals surface area contributed by atoms with E-state index in [0.717, 1.165) is 16.3 Å². The number of benzene rings is 2. The molecule has 0 radical (unpaired) electrons. The second kappa shape index (κ2) is 6.12. The summed E-state index contributed by atoms with van der Waals surface area (Å²) in [5.74, 6) is 0. The number of ether oxygens (including phenoxy) is 3. The summed E-state index contributed by atoms with van der Waals surface area (Å²) in [4.78, 5) is 0. The van der Waals surface area contributed by atoms with E-state index in [1.807, 2.05) is 24.3 Å². The van der Waals surface area contributed by atoms with Crippen molar-refractivity contribution in [1.82, 2.24) is 0 Å². The van der Waals surface area contributed by atoms with Crippen LogP contribution in [0.25, 0.3) is 10.8 Å². The zero-order valence-electron chi connectivity index (χ0n) is 12.2. The third-order valence-corrected chi connectivity index (χ3v) is 4.16. The quantitative estimate of drug-likeness (QED) is 0.938. The minimum Gasteiger partial charge on any atom is -0.394 e. The lowest BCUT2D eigenvalue weighted by Crippen LogP contribution is -2.35. The van der Waals surface area contributed by atoms with Crippen molar-refractivity contribution in [3.63, 3.8) is 0 Å². The molecule has 1 heterocycles. The number of fused-ring (bicyclic) bond motifs is 1. The fraction of sp³-hybridized carbons (Fsp3) is 0.412. The van der Waals surface area contributed by atoms with Crippen LogP contribution in [0, 0.1) is 0 Å². The van der Waals surface area contributed by atoms with Gasteiger partial charge in [-0.2, -0.15) is 0 Å². The lowest BCUT2D eigenvalue weighted by molar-refractivity contribution is -0.0399. The van der Waals surface area contributed by atoms with Gasteiger partial charge in [-0.15, -0.1) is 0 Å². The molecule has 0 saturated carbocycles. The van der Waals surface area contributed by atoms with Crippen molar-refractivity contribution < 1.29 is 19.3 Å². The summed E-state index contributed by atoms with van der Waals surface area (Å²) in [6, 6.07) is 14.3. The molecule has 3 rings (SSSR count). The highest BCUT2D eigenvalue weighted by Crippen LogP contribution is 2.39. The van der Waals surface area contributed by atoms with E-state index < -0.39 is 0 Å². The third-order valence-electron chi connectivity index (χ3n) is 4.16. The van der Waals surface area contributed by atoms with Gasteiger partial charge in [0, 0.05) is 14.2 Å². The van der Waals surface area contributed by atoms with Crippen LogP contribution in [0.3, 0.4) is 0 Å². The smallest absolute Gasteiger partial charge is 0.116 e. The molecule has 1 N–H and O–H groups in total. The molecule has 2 aromatic rings. The van der Waals surface area contributed by atoms with E-state index in [9.17, 15) is 5.11 Å². The Bertz CT molecular complexity index is 607. The van der Waals surface area contributed by atoms with Crippen LogP contribution in [0.4, 0.5) is 0 Å². The third kappa shape index (κ3) is 2.45. The number of hydrogen-bond donors (Lipinski definition) is 1. The predicted molar refractivity (Wildman–Crippen MR) is 80.2 cm³/mol. The van der Waals surface area contributed by atoms with Crippen molar-refractivity contribution >= 4 is 10.8 Å². The summed E-state index contributed by atoms with van der Waals surface area (Å²) in [7, 11) is 3.27. The molecule has 1 aliphatic rings.